The van der Waals surface area contributed by atoms with Gasteiger partial charge < -0.3 is 10.2 Å². The molecule has 3 aromatic rings. The maximum absolute atomic E-state index is 12.1. The third-order valence-electron chi connectivity index (χ3n) is 2.93. The number of ketones is 1. The fraction of sp³-hybridized carbons (Fsp3) is 0.143. The third kappa shape index (κ3) is 2.24. The van der Waals surface area contributed by atoms with Crippen LogP contribution in [0.1, 0.15) is 21.8 Å². The topological polar surface area (TPSA) is 69.1 Å². The molecule has 96 valence electrons. The first-order chi connectivity index (χ1) is 9.13. The van der Waals surface area contributed by atoms with Gasteiger partial charge in [0.25, 0.3) is 0 Å². The lowest BCUT2D eigenvalue weighted by molar-refractivity contribution is 0.0967. The van der Waals surface area contributed by atoms with E-state index in [1.54, 1.807) is 11.4 Å². The number of nitrogen functional groups attached to an aromatic ring is 1. The first-order valence-electron chi connectivity index (χ1n) is 5.86. The largest absolute Gasteiger partial charge is 0.453 e. The van der Waals surface area contributed by atoms with Gasteiger partial charge in [0, 0.05) is 10.8 Å². The number of carbonyl (C=O) groups excluding carboxylic acids is 1. The van der Waals surface area contributed by atoms with Crippen LogP contribution in [0.5, 0.6) is 0 Å². The number of hydrogen-bond acceptors (Lipinski definition) is 5. The Balaban J connectivity index is 1.91. The van der Waals surface area contributed by atoms with E-state index in [9.17, 15) is 4.79 Å². The van der Waals surface area contributed by atoms with Gasteiger partial charge in [-0.1, -0.05) is 18.2 Å². The fourth-order valence-electron chi connectivity index (χ4n) is 2.00. The zero-order chi connectivity index (χ0) is 13.4. The van der Waals surface area contributed by atoms with Crippen LogP contribution >= 0.6 is 11.3 Å². The third-order valence-corrected chi connectivity index (χ3v) is 3.65. The molecule has 0 aliphatic carbocycles. The SMILES string of the molecule is Cc1cccc2cc(C(=O)Cc3csc(N)n3)oc12. The molecule has 0 spiro atoms. The first-order valence-corrected chi connectivity index (χ1v) is 6.73. The summed E-state index contributed by atoms with van der Waals surface area (Å²) in [4.78, 5) is 16.2. The summed E-state index contributed by atoms with van der Waals surface area (Å²) in [5, 5.41) is 3.21. The highest BCUT2D eigenvalue weighted by atomic mass is 32.1. The number of thiazole rings is 1. The minimum atomic E-state index is -0.0825. The number of nitrogens with zero attached hydrogens (tertiary/aromatic N) is 1. The molecule has 0 unspecified atom stereocenters. The highest BCUT2D eigenvalue weighted by molar-refractivity contribution is 7.13. The molecule has 0 bridgehead atoms. The lowest BCUT2D eigenvalue weighted by atomic mass is 10.1. The number of carbonyl (C=O) groups is 1. The number of benzene rings is 1. The highest BCUT2D eigenvalue weighted by Crippen LogP contribution is 2.23. The van der Waals surface area contributed by atoms with Crippen LogP contribution in [0.25, 0.3) is 11.0 Å². The minimum absolute atomic E-state index is 0.0825. The number of aryl methyl sites for hydroxylation is 1. The lowest BCUT2D eigenvalue weighted by Crippen LogP contribution is -2.02. The van der Waals surface area contributed by atoms with Gasteiger partial charge in [-0.25, -0.2) is 4.98 Å². The summed E-state index contributed by atoms with van der Waals surface area (Å²) in [6.45, 7) is 1.96. The van der Waals surface area contributed by atoms with Gasteiger partial charge in [0.05, 0.1) is 12.1 Å². The molecule has 0 atom stereocenters. The van der Waals surface area contributed by atoms with E-state index >= 15 is 0 Å². The normalized spacial score (nSPS) is 11.0. The van der Waals surface area contributed by atoms with Crippen molar-refractivity contribution in [3.05, 3.63) is 46.7 Å². The van der Waals surface area contributed by atoms with Gasteiger partial charge in [-0.2, -0.15) is 0 Å². The molecule has 1 aromatic carbocycles. The summed E-state index contributed by atoms with van der Waals surface area (Å²) in [7, 11) is 0. The molecule has 3 rings (SSSR count). The highest BCUT2D eigenvalue weighted by Gasteiger charge is 2.15. The molecule has 0 fully saturated rings. The van der Waals surface area contributed by atoms with E-state index in [1.165, 1.54) is 11.3 Å². The second-order valence-corrected chi connectivity index (χ2v) is 5.27. The second kappa shape index (κ2) is 4.51. The van der Waals surface area contributed by atoms with Crippen molar-refractivity contribution in [3.8, 4) is 0 Å². The summed E-state index contributed by atoms with van der Waals surface area (Å²) in [5.41, 5.74) is 8.02. The lowest BCUT2D eigenvalue weighted by Gasteiger charge is -1.94. The van der Waals surface area contributed by atoms with Crippen LogP contribution in [0.2, 0.25) is 0 Å². The van der Waals surface area contributed by atoms with Gasteiger partial charge in [0.1, 0.15) is 5.58 Å². The molecule has 19 heavy (non-hydrogen) atoms. The van der Waals surface area contributed by atoms with E-state index in [0.717, 1.165) is 16.5 Å². The van der Waals surface area contributed by atoms with Crippen LogP contribution in [-0.2, 0) is 6.42 Å². The number of para-hydroxylation sites is 1. The molecule has 0 radical (unpaired) electrons. The van der Waals surface area contributed by atoms with Crippen LogP contribution in [0.4, 0.5) is 5.13 Å². The van der Waals surface area contributed by atoms with Gasteiger partial charge in [-0.3, -0.25) is 4.79 Å². The number of rotatable bonds is 3. The zero-order valence-electron chi connectivity index (χ0n) is 10.3. The van der Waals surface area contributed by atoms with Crippen molar-refractivity contribution in [2.45, 2.75) is 13.3 Å². The van der Waals surface area contributed by atoms with Gasteiger partial charge in [-0.05, 0) is 18.6 Å². The molecule has 2 N–H and O–H groups in total. The molecule has 0 saturated heterocycles. The molecular weight excluding hydrogens is 260 g/mol. The Labute approximate surface area is 113 Å². The Morgan fingerprint density at radius 1 is 1.47 bits per heavy atom. The van der Waals surface area contributed by atoms with Crippen LogP contribution in [0.3, 0.4) is 0 Å². The van der Waals surface area contributed by atoms with Crippen molar-refractivity contribution in [2.75, 3.05) is 5.73 Å². The molecule has 0 aliphatic heterocycles. The predicted molar refractivity (Wildman–Crippen MR) is 75.5 cm³/mol. The maximum atomic E-state index is 12.1. The number of hydrogen-bond donors (Lipinski definition) is 1. The van der Waals surface area contributed by atoms with Gasteiger partial charge >= 0.3 is 0 Å². The summed E-state index contributed by atoms with van der Waals surface area (Å²) in [6, 6.07) is 7.62. The Kier molecular flexibility index (Phi) is 2.83. The average Bonchev–Trinajstić information content (AvgIpc) is 2.96. The van der Waals surface area contributed by atoms with Gasteiger partial charge in [-0.15, -0.1) is 11.3 Å². The standard InChI is InChI=1S/C14H12N2O2S/c1-8-3-2-4-9-5-12(18-13(8)9)11(17)6-10-7-19-14(15)16-10/h2-5,7H,6H2,1H3,(H2,15,16). The number of nitrogens with two attached hydrogens (primary N) is 1. The Bertz CT molecular complexity index is 758. The van der Waals surface area contributed by atoms with Crippen molar-refractivity contribution >= 4 is 33.2 Å². The average molecular weight is 272 g/mol. The van der Waals surface area contributed by atoms with E-state index in [0.29, 0.717) is 16.6 Å². The van der Waals surface area contributed by atoms with Crippen LogP contribution < -0.4 is 5.73 Å². The summed E-state index contributed by atoms with van der Waals surface area (Å²) in [6.07, 6.45) is 0.215. The number of aromatic nitrogens is 1. The van der Waals surface area contributed by atoms with Gasteiger partial charge in [0.15, 0.2) is 10.9 Å². The summed E-state index contributed by atoms with van der Waals surface area (Å²) >= 11 is 1.33. The van der Waals surface area contributed by atoms with E-state index < -0.39 is 0 Å². The van der Waals surface area contributed by atoms with Crippen LogP contribution in [0.15, 0.2) is 34.1 Å². The molecule has 0 amide bonds. The predicted octanol–water partition coefficient (Wildman–Crippen LogP) is 3.21. The molecular formula is C14H12N2O2S. The Hall–Kier alpha value is -2.14. The van der Waals surface area contributed by atoms with E-state index in [1.807, 2.05) is 25.1 Å². The molecule has 2 heterocycles. The molecule has 0 aliphatic rings. The number of anilines is 1. The van der Waals surface area contributed by atoms with E-state index in [2.05, 4.69) is 4.98 Å². The minimum Gasteiger partial charge on any atom is -0.453 e. The summed E-state index contributed by atoms with van der Waals surface area (Å²) < 4.78 is 5.63. The van der Waals surface area contributed by atoms with Crippen molar-refractivity contribution in [1.82, 2.24) is 4.98 Å². The Morgan fingerprint density at radius 2 is 2.32 bits per heavy atom. The van der Waals surface area contributed by atoms with Crippen LogP contribution in [0, 0.1) is 6.92 Å². The molecule has 4 nitrogen and oxygen atoms in total. The van der Waals surface area contributed by atoms with Crippen molar-refractivity contribution in [2.24, 2.45) is 0 Å². The van der Waals surface area contributed by atoms with E-state index in [4.69, 9.17) is 10.2 Å². The van der Waals surface area contributed by atoms with E-state index in [-0.39, 0.29) is 12.2 Å². The molecule has 2 aromatic heterocycles. The monoisotopic (exact) mass is 272 g/mol. The summed E-state index contributed by atoms with van der Waals surface area (Å²) in [5.74, 6) is 0.289. The van der Waals surface area contributed by atoms with Crippen molar-refractivity contribution < 1.29 is 9.21 Å². The maximum Gasteiger partial charge on any atom is 0.204 e. The molecule has 5 heteroatoms. The fourth-order valence-corrected chi connectivity index (χ4v) is 2.56. The van der Waals surface area contributed by atoms with Crippen molar-refractivity contribution in [3.63, 3.8) is 0 Å². The van der Waals surface area contributed by atoms with Gasteiger partial charge in [0.2, 0.25) is 5.78 Å². The first kappa shape index (κ1) is 11.9. The number of furan rings is 1. The smallest absolute Gasteiger partial charge is 0.204 e. The number of Topliss-reactive ketones (excluding diaryl/α,β-unsaturated/α-hetero) is 1. The van der Waals surface area contributed by atoms with Crippen molar-refractivity contribution in [1.29, 1.82) is 0 Å². The molecule has 0 saturated carbocycles. The van der Waals surface area contributed by atoms with Crippen LogP contribution in [-0.4, -0.2) is 10.8 Å². The zero-order valence-corrected chi connectivity index (χ0v) is 11.2. The Morgan fingerprint density at radius 3 is 3.00 bits per heavy atom. The quantitative estimate of drug-likeness (QED) is 0.743. The second-order valence-electron chi connectivity index (χ2n) is 4.38. The number of fused-ring (bicyclic) bond motifs is 1.